The van der Waals surface area contributed by atoms with E-state index in [1.165, 1.54) is 6.07 Å². The maximum Gasteiger partial charge on any atom is 0.314 e. The smallest absolute Gasteiger partial charge is 0.314 e. The second-order valence-electron chi connectivity index (χ2n) is 4.32. The van der Waals surface area contributed by atoms with Crippen LogP contribution in [0.25, 0.3) is 0 Å². The summed E-state index contributed by atoms with van der Waals surface area (Å²) in [5, 5.41) is 9.42. The third-order valence-electron chi connectivity index (χ3n) is 3.42. The van der Waals surface area contributed by atoms with Crippen molar-refractivity contribution in [2.24, 2.45) is 0 Å². The molecule has 92 valence electrons. The summed E-state index contributed by atoms with van der Waals surface area (Å²) in [5.41, 5.74) is -0.478. The van der Waals surface area contributed by atoms with Crippen LogP contribution in [-0.2, 0) is 10.2 Å². The van der Waals surface area contributed by atoms with Gasteiger partial charge in [-0.05, 0) is 40.4 Å². The Hall–Kier alpha value is -0.610. The molecule has 0 aromatic heterocycles. The fourth-order valence-electron chi connectivity index (χ4n) is 2.47. The van der Waals surface area contributed by atoms with Crippen LogP contribution in [0.4, 0.5) is 4.39 Å². The van der Waals surface area contributed by atoms with Gasteiger partial charge in [0.25, 0.3) is 0 Å². The van der Waals surface area contributed by atoms with E-state index in [9.17, 15) is 14.3 Å². The molecule has 0 aliphatic heterocycles. The summed E-state index contributed by atoms with van der Waals surface area (Å²) >= 11 is 8.79. The number of rotatable bonds is 2. The molecule has 1 aromatic carbocycles. The lowest BCUT2D eigenvalue weighted by molar-refractivity contribution is -0.143. The average Bonchev–Trinajstić information content (AvgIpc) is 2.76. The molecule has 0 spiro atoms. The molecule has 1 N–H and O–H groups in total. The van der Waals surface area contributed by atoms with Crippen LogP contribution in [0.15, 0.2) is 16.6 Å². The normalized spacial score (nSPS) is 18.3. The van der Waals surface area contributed by atoms with Crippen molar-refractivity contribution in [2.75, 3.05) is 0 Å². The third-order valence-corrected chi connectivity index (χ3v) is 4.48. The van der Waals surface area contributed by atoms with E-state index in [1.807, 2.05) is 0 Å². The van der Waals surface area contributed by atoms with Gasteiger partial charge in [-0.3, -0.25) is 4.79 Å². The minimum absolute atomic E-state index is 0.000777. The molecule has 2 rings (SSSR count). The van der Waals surface area contributed by atoms with Crippen molar-refractivity contribution in [2.45, 2.75) is 31.1 Å². The Labute approximate surface area is 112 Å². The molecule has 2 nitrogen and oxygen atoms in total. The van der Waals surface area contributed by atoms with Gasteiger partial charge in [0.1, 0.15) is 0 Å². The Bertz CT molecular complexity index is 470. The second-order valence-corrected chi connectivity index (χ2v) is 5.52. The highest BCUT2D eigenvalue weighted by molar-refractivity contribution is 9.10. The summed E-state index contributed by atoms with van der Waals surface area (Å²) < 4.78 is 13.9. The summed E-state index contributed by atoms with van der Waals surface area (Å²) in [6.07, 6.45) is 2.79. The minimum Gasteiger partial charge on any atom is -0.481 e. The lowest BCUT2D eigenvalue weighted by atomic mass is 9.79. The van der Waals surface area contributed by atoms with E-state index < -0.39 is 17.2 Å². The Morgan fingerprint density at radius 1 is 1.41 bits per heavy atom. The predicted octanol–water partition coefficient (Wildman–Crippen LogP) is 4.14. The molecular formula is C12H11BrClFO2. The van der Waals surface area contributed by atoms with Gasteiger partial charge in [-0.1, -0.05) is 30.5 Å². The van der Waals surface area contributed by atoms with Gasteiger partial charge in [0.2, 0.25) is 0 Å². The number of carboxylic acid groups (broad SMARTS) is 1. The zero-order chi connectivity index (χ0) is 12.6. The van der Waals surface area contributed by atoms with Crippen molar-refractivity contribution >= 4 is 33.5 Å². The van der Waals surface area contributed by atoms with Gasteiger partial charge in [-0.2, -0.15) is 0 Å². The first kappa shape index (κ1) is 12.8. The van der Waals surface area contributed by atoms with Crippen molar-refractivity contribution in [1.29, 1.82) is 0 Å². The van der Waals surface area contributed by atoms with Crippen LogP contribution in [0.1, 0.15) is 31.2 Å². The van der Waals surface area contributed by atoms with Gasteiger partial charge in [-0.25, -0.2) is 4.39 Å². The molecule has 0 heterocycles. The first-order valence-corrected chi connectivity index (χ1v) is 6.53. The highest BCUT2D eigenvalue weighted by atomic mass is 79.9. The largest absolute Gasteiger partial charge is 0.481 e. The van der Waals surface area contributed by atoms with Crippen LogP contribution < -0.4 is 0 Å². The summed E-state index contributed by atoms with van der Waals surface area (Å²) in [6.45, 7) is 0. The maximum atomic E-state index is 13.7. The maximum absolute atomic E-state index is 13.7. The average molecular weight is 322 g/mol. The molecule has 1 aromatic rings. The molecule has 0 unspecified atom stereocenters. The molecule has 0 atom stereocenters. The fraction of sp³-hybridized carbons (Fsp3) is 0.417. The van der Waals surface area contributed by atoms with Crippen LogP contribution in [0.3, 0.4) is 0 Å². The quantitative estimate of drug-likeness (QED) is 0.831. The van der Waals surface area contributed by atoms with Crippen LogP contribution in [-0.4, -0.2) is 11.1 Å². The summed E-state index contributed by atoms with van der Waals surface area (Å²) in [4.78, 5) is 11.5. The first-order chi connectivity index (χ1) is 7.99. The van der Waals surface area contributed by atoms with Gasteiger partial charge in [0.05, 0.1) is 14.9 Å². The number of hydrogen-bond donors (Lipinski definition) is 1. The molecule has 0 radical (unpaired) electrons. The molecule has 5 heteroatoms. The van der Waals surface area contributed by atoms with Gasteiger partial charge < -0.3 is 5.11 Å². The fourth-order valence-corrected chi connectivity index (χ4v) is 3.47. The number of aliphatic carboxylic acids is 1. The van der Waals surface area contributed by atoms with E-state index in [0.29, 0.717) is 18.4 Å². The Balaban J connectivity index is 2.59. The van der Waals surface area contributed by atoms with Gasteiger partial charge in [0, 0.05) is 0 Å². The lowest BCUT2D eigenvalue weighted by Crippen LogP contribution is -2.33. The molecule has 0 bridgehead atoms. The number of carbonyl (C=O) groups is 1. The zero-order valence-electron chi connectivity index (χ0n) is 8.97. The van der Waals surface area contributed by atoms with Gasteiger partial charge in [0.15, 0.2) is 5.82 Å². The molecule has 1 aliphatic rings. The molecule has 1 fully saturated rings. The topological polar surface area (TPSA) is 37.3 Å². The highest BCUT2D eigenvalue weighted by Crippen LogP contribution is 2.45. The Kier molecular flexibility index (Phi) is 3.46. The minimum atomic E-state index is -0.968. The van der Waals surface area contributed by atoms with Crippen molar-refractivity contribution in [3.8, 4) is 0 Å². The van der Waals surface area contributed by atoms with E-state index in [-0.39, 0.29) is 9.50 Å². The number of hydrogen-bond acceptors (Lipinski definition) is 1. The number of halogens is 3. The van der Waals surface area contributed by atoms with Crippen molar-refractivity contribution < 1.29 is 14.3 Å². The van der Waals surface area contributed by atoms with E-state index in [4.69, 9.17) is 11.6 Å². The van der Waals surface area contributed by atoms with Gasteiger partial charge >= 0.3 is 5.97 Å². The summed E-state index contributed by atoms with van der Waals surface area (Å²) in [6, 6.07) is 3.02. The highest BCUT2D eigenvalue weighted by Gasteiger charge is 2.44. The van der Waals surface area contributed by atoms with Crippen molar-refractivity contribution in [1.82, 2.24) is 0 Å². The summed E-state index contributed by atoms with van der Waals surface area (Å²) in [5.74, 6) is -1.48. The molecule has 0 amide bonds. The monoisotopic (exact) mass is 320 g/mol. The third kappa shape index (κ3) is 1.97. The second kappa shape index (κ2) is 4.58. The van der Waals surface area contributed by atoms with Crippen LogP contribution in [0, 0.1) is 5.82 Å². The summed E-state index contributed by atoms with van der Waals surface area (Å²) in [7, 11) is 0. The standard InChI is InChI=1S/C12H11BrClFO2/c13-9-7(3-4-8(14)10(9)15)12(11(16)17)5-1-2-6-12/h3-4H,1-2,5-6H2,(H,16,17). The number of carboxylic acids is 1. The van der Waals surface area contributed by atoms with E-state index in [1.54, 1.807) is 6.07 Å². The Morgan fingerprint density at radius 3 is 2.53 bits per heavy atom. The van der Waals surface area contributed by atoms with E-state index >= 15 is 0 Å². The molecule has 17 heavy (non-hydrogen) atoms. The SMILES string of the molecule is O=C(O)C1(c2ccc(Cl)c(F)c2Br)CCCC1. The van der Waals surface area contributed by atoms with Crippen molar-refractivity contribution in [3.05, 3.63) is 33.0 Å². The van der Waals surface area contributed by atoms with E-state index in [2.05, 4.69) is 15.9 Å². The van der Waals surface area contributed by atoms with Crippen LogP contribution in [0.5, 0.6) is 0 Å². The molecule has 1 aliphatic carbocycles. The van der Waals surface area contributed by atoms with E-state index in [0.717, 1.165) is 12.8 Å². The Morgan fingerprint density at radius 2 is 2.00 bits per heavy atom. The molecule has 1 saturated carbocycles. The predicted molar refractivity (Wildman–Crippen MR) is 66.9 cm³/mol. The first-order valence-electron chi connectivity index (χ1n) is 5.36. The number of benzene rings is 1. The zero-order valence-corrected chi connectivity index (χ0v) is 11.3. The molecular weight excluding hydrogens is 310 g/mol. The lowest BCUT2D eigenvalue weighted by Gasteiger charge is -2.25. The molecule has 0 saturated heterocycles. The van der Waals surface area contributed by atoms with Crippen LogP contribution >= 0.6 is 27.5 Å². The van der Waals surface area contributed by atoms with Gasteiger partial charge in [-0.15, -0.1) is 0 Å². The van der Waals surface area contributed by atoms with Crippen LogP contribution in [0.2, 0.25) is 5.02 Å². The van der Waals surface area contributed by atoms with Crippen molar-refractivity contribution in [3.63, 3.8) is 0 Å².